The molecule has 7 heteroatoms. The van der Waals surface area contributed by atoms with Crippen LogP contribution in [-0.4, -0.2) is 21.9 Å². The van der Waals surface area contributed by atoms with Crippen LogP contribution in [0.15, 0.2) is 30.3 Å². The average molecular weight is 356 g/mol. The maximum absolute atomic E-state index is 12.6. The van der Waals surface area contributed by atoms with E-state index in [1.807, 2.05) is 13.0 Å². The van der Waals surface area contributed by atoms with Crippen molar-refractivity contribution in [2.45, 2.75) is 33.7 Å². The van der Waals surface area contributed by atoms with E-state index in [0.29, 0.717) is 16.7 Å². The molecule has 0 radical (unpaired) electrons. The number of aliphatic carboxylic acids is 1. The zero-order chi connectivity index (χ0) is 19.6. The zero-order valence-electron chi connectivity index (χ0n) is 15.0. The first-order chi connectivity index (χ1) is 12.1. The molecule has 1 amide bonds. The highest BCUT2D eigenvalue weighted by molar-refractivity contribution is 5.98. The number of hydrogen-bond donors (Lipinski definition) is 2. The Morgan fingerprint density at radius 2 is 1.73 bits per heavy atom. The third kappa shape index (κ3) is 3.72. The Kier molecular flexibility index (Phi) is 5.40. The summed E-state index contributed by atoms with van der Waals surface area (Å²) in [6.45, 7) is 6.88. The molecule has 2 rings (SSSR count). The summed E-state index contributed by atoms with van der Waals surface area (Å²) in [5.74, 6) is -1.87. The maximum atomic E-state index is 12.6. The summed E-state index contributed by atoms with van der Waals surface area (Å²) in [5, 5.41) is 23.2. The van der Waals surface area contributed by atoms with Crippen LogP contribution in [0.3, 0.4) is 0 Å². The lowest BCUT2D eigenvalue weighted by Gasteiger charge is -2.19. The van der Waals surface area contributed by atoms with E-state index in [9.17, 15) is 24.8 Å². The van der Waals surface area contributed by atoms with Crippen molar-refractivity contribution in [1.29, 1.82) is 0 Å². The van der Waals surface area contributed by atoms with Crippen molar-refractivity contribution in [2.75, 3.05) is 0 Å². The number of nitrogens with one attached hydrogen (secondary N) is 1. The van der Waals surface area contributed by atoms with Crippen LogP contribution >= 0.6 is 0 Å². The van der Waals surface area contributed by atoms with Gasteiger partial charge in [-0.05, 0) is 56.0 Å². The predicted octanol–water partition coefficient (Wildman–Crippen LogP) is 3.38. The summed E-state index contributed by atoms with van der Waals surface area (Å²) in [5.41, 5.74) is 3.03. The molecule has 0 aliphatic rings. The Morgan fingerprint density at radius 1 is 1.08 bits per heavy atom. The van der Waals surface area contributed by atoms with E-state index in [0.717, 1.165) is 11.1 Å². The second kappa shape index (κ2) is 7.35. The van der Waals surface area contributed by atoms with Gasteiger partial charge < -0.3 is 10.4 Å². The number of benzene rings is 2. The molecule has 0 fully saturated rings. The number of nitro benzene ring substituents is 1. The molecule has 1 atom stereocenters. The maximum Gasteiger partial charge on any atom is 0.330 e. The number of carboxylic acid groups (broad SMARTS) is 1. The fraction of sp³-hybridized carbons (Fsp3) is 0.263. The summed E-state index contributed by atoms with van der Waals surface area (Å²) in [6.07, 6.45) is 0. The number of rotatable bonds is 5. The van der Waals surface area contributed by atoms with Gasteiger partial charge in [-0.2, -0.15) is 0 Å². The quantitative estimate of drug-likeness (QED) is 0.630. The highest BCUT2D eigenvalue weighted by Crippen LogP contribution is 2.25. The van der Waals surface area contributed by atoms with Crippen LogP contribution in [0.5, 0.6) is 0 Å². The van der Waals surface area contributed by atoms with E-state index in [4.69, 9.17) is 0 Å². The first-order valence-electron chi connectivity index (χ1n) is 7.99. The van der Waals surface area contributed by atoms with Gasteiger partial charge in [0, 0.05) is 17.2 Å². The van der Waals surface area contributed by atoms with Crippen molar-refractivity contribution in [1.82, 2.24) is 5.32 Å². The molecule has 0 saturated carbocycles. The Balaban J connectivity index is 2.43. The number of aryl methyl sites for hydroxylation is 3. The van der Waals surface area contributed by atoms with Gasteiger partial charge >= 0.3 is 5.97 Å². The molecule has 1 unspecified atom stereocenters. The van der Waals surface area contributed by atoms with Crippen molar-refractivity contribution in [3.63, 3.8) is 0 Å². The molecular weight excluding hydrogens is 336 g/mol. The molecule has 0 spiro atoms. The predicted molar refractivity (Wildman–Crippen MR) is 96.3 cm³/mol. The monoisotopic (exact) mass is 356 g/mol. The van der Waals surface area contributed by atoms with Crippen LogP contribution in [0.4, 0.5) is 5.69 Å². The van der Waals surface area contributed by atoms with E-state index < -0.39 is 22.8 Å². The second-order valence-electron chi connectivity index (χ2n) is 6.24. The number of carboxylic acids is 1. The Bertz CT molecular complexity index is 905. The van der Waals surface area contributed by atoms with Crippen LogP contribution in [0.1, 0.15) is 44.2 Å². The topological polar surface area (TPSA) is 110 Å². The lowest BCUT2D eigenvalue weighted by Crippen LogP contribution is -2.34. The standard InChI is InChI=1S/C19H20N2O5/c1-10-6-5-7-14(13(10)4)17(19(23)24)20-18(22)15-9-16(21(25)26)12(3)8-11(15)2/h5-9,17H,1-4H3,(H,20,22)(H,23,24). The summed E-state index contributed by atoms with van der Waals surface area (Å²) in [7, 11) is 0. The number of hydrogen-bond acceptors (Lipinski definition) is 4. The summed E-state index contributed by atoms with van der Waals surface area (Å²) >= 11 is 0. The molecule has 0 heterocycles. The van der Waals surface area contributed by atoms with Gasteiger partial charge in [0.2, 0.25) is 0 Å². The van der Waals surface area contributed by atoms with E-state index in [1.54, 1.807) is 39.0 Å². The van der Waals surface area contributed by atoms with Crippen LogP contribution in [0.25, 0.3) is 0 Å². The minimum Gasteiger partial charge on any atom is -0.479 e. The number of nitro groups is 1. The molecule has 0 aromatic heterocycles. The van der Waals surface area contributed by atoms with Gasteiger partial charge in [0.05, 0.1) is 4.92 Å². The SMILES string of the molecule is Cc1cc(C)c([N+](=O)[O-])cc1C(=O)NC(C(=O)O)c1cccc(C)c1C. The third-order valence-corrected chi connectivity index (χ3v) is 4.46. The van der Waals surface area contributed by atoms with Crippen molar-refractivity contribution in [2.24, 2.45) is 0 Å². The minimum absolute atomic E-state index is 0.0823. The van der Waals surface area contributed by atoms with Crippen molar-refractivity contribution in [3.8, 4) is 0 Å². The molecule has 26 heavy (non-hydrogen) atoms. The highest BCUT2D eigenvalue weighted by atomic mass is 16.6. The Morgan fingerprint density at radius 3 is 2.31 bits per heavy atom. The fourth-order valence-corrected chi connectivity index (χ4v) is 2.85. The number of amides is 1. The van der Waals surface area contributed by atoms with Gasteiger partial charge in [0.25, 0.3) is 11.6 Å². The van der Waals surface area contributed by atoms with Crippen LogP contribution in [0.2, 0.25) is 0 Å². The van der Waals surface area contributed by atoms with Gasteiger partial charge in [-0.25, -0.2) is 4.79 Å². The summed E-state index contributed by atoms with van der Waals surface area (Å²) < 4.78 is 0. The minimum atomic E-state index is -1.25. The molecule has 0 saturated heterocycles. The number of carbonyl (C=O) groups is 2. The summed E-state index contributed by atoms with van der Waals surface area (Å²) in [6, 6.07) is 6.70. The van der Waals surface area contributed by atoms with Crippen molar-refractivity contribution < 1.29 is 19.6 Å². The Hall–Kier alpha value is -3.22. The molecule has 2 aromatic carbocycles. The molecular formula is C19H20N2O5. The number of carbonyl (C=O) groups excluding carboxylic acids is 1. The van der Waals surface area contributed by atoms with E-state index >= 15 is 0 Å². The fourth-order valence-electron chi connectivity index (χ4n) is 2.85. The first kappa shape index (κ1) is 19.1. The largest absolute Gasteiger partial charge is 0.479 e. The first-order valence-corrected chi connectivity index (χ1v) is 7.99. The second-order valence-corrected chi connectivity index (χ2v) is 6.24. The van der Waals surface area contributed by atoms with Gasteiger partial charge in [-0.1, -0.05) is 18.2 Å². The lowest BCUT2D eigenvalue weighted by atomic mass is 9.96. The van der Waals surface area contributed by atoms with E-state index in [-0.39, 0.29) is 11.3 Å². The molecule has 2 aromatic rings. The molecule has 136 valence electrons. The Labute approximate surface area is 150 Å². The van der Waals surface area contributed by atoms with Crippen LogP contribution in [-0.2, 0) is 4.79 Å². The smallest absolute Gasteiger partial charge is 0.330 e. The van der Waals surface area contributed by atoms with E-state index in [1.165, 1.54) is 6.07 Å². The van der Waals surface area contributed by atoms with Gasteiger partial charge in [0.15, 0.2) is 6.04 Å². The highest BCUT2D eigenvalue weighted by Gasteiger charge is 2.26. The van der Waals surface area contributed by atoms with Gasteiger partial charge in [0.1, 0.15) is 0 Å². The molecule has 7 nitrogen and oxygen atoms in total. The summed E-state index contributed by atoms with van der Waals surface area (Å²) in [4.78, 5) is 34.9. The van der Waals surface area contributed by atoms with Gasteiger partial charge in [-0.15, -0.1) is 0 Å². The molecule has 0 aliphatic heterocycles. The average Bonchev–Trinajstić information content (AvgIpc) is 2.54. The number of nitrogens with zero attached hydrogens (tertiary/aromatic N) is 1. The van der Waals surface area contributed by atoms with E-state index in [2.05, 4.69) is 5.32 Å². The zero-order valence-corrected chi connectivity index (χ0v) is 15.0. The van der Waals surface area contributed by atoms with Crippen LogP contribution in [0, 0.1) is 37.8 Å². The molecule has 0 aliphatic carbocycles. The van der Waals surface area contributed by atoms with Crippen LogP contribution < -0.4 is 5.32 Å². The molecule has 2 N–H and O–H groups in total. The normalized spacial score (nSPS) is 11.7. The lowest BCUT2D eigenvalue weighted by molar-refractivity contribution is -0.385. The van der Waals surface area contributed by atoms with Gasteiger partial charge in [-0.3, -0.25) is 14.9 Å². The van der Waals surface area contributed by atoms with Crippen molar-refractivity contribution >= 4 is 17.6 Å². The molecule has 0 bridgehead atoms. The third-order valence-electron chi connectivity index (χ3n) is 4.46. The van der Waals surface area contributed by atoms with Crippen molar-refractivity contribution in [3.05, 3.63) is 73.8 Å².